The molecule has 0 aromatic heterocycles. The quantitative estimate of drug-likeness (QED) is 0.546. The largest absolute Gasteiger partial charge is 0.453 e. The van der Waals surface area contributed by atoms with Crippen molar-refractivity contribution in [3.05, 3.63) is 29.8 Å². The van der Waals surface area contributed by atoms with Gasteiger partial charge >= 0.3 is 6.09 Å². The Bertz CT molecular complexity index is 640. The molecule has 3 N–H and O–H groups in total. The number of ether oxygens (including phenoxy) is 1. The lowest BCUT2D eigenvalue weighted by Gasteiger charge is -2.24. The molecule has 1 amide bonds. The zero-order valence-electron chi connectivity index (χ0n) is 16.3. The number of nitrogens with zero attached hydrogens (tertiary/aromatic N) is 2. The summed E-state index contributed by atoms with van der Waals surface area (Å²) in [6.07, 6.45) is 6.20. The molecule has 2 aliphatic rings. The average molecular weight is 374 g/mol. The number of carbonyl (C=O) groups excluding carboxylic acids is 1. The molecule has 27 heavy (non-hydrogen) atoms. The second-order valence-corrected chi connectivity index (χ2v) is 7.30. The summed E-state index contributed by atoms with van der Waals surface area (Å²) >= 11 is 0. The molecule has 1 aliphatic heterocycles. The van der Waals surface area contributed by atoms with Crippen molar-refractivity contribution in [2.75, 3.05) is 32.6 Å². The van der Waals surface area contributed by atoms with Gasteiger partial charge in [0.2, 0.25) is 0 Å². The smallest absolute Gasteiger partial charge is 0.411 e. The summed E-state index contributed by atoms with van der Waals surface area (Å²) in [4.78, 5) is 18.2. The molecule has 0 spiro atoms. The Hall–Kier alpha value is -2.28. The summed E-state index contributed by atoms with van der Waals surface area (Å²) in [5.74, 6) is 0.838. The maximum Gasteiger partial charge on any atom is 0.411 e. The first-order valence-corrected chi connectivity index (χ1v) is 9.83. The minimum absolute atomic E-state index is 0.462. The first-order valence-electron chi connectivity index (χ1n) is 9.83. The van der Waals surface area contributed by atoms with Crippen LogP contribution in [0.2, 0.25) is 0 Å². The van der Waals surface area contributed by atoms with E-state index in [1.807, 2.05) is 31.3 Å². The Morgan fingerprint density at radius 1 is 1.22 bits per heavy atom. The van der Waals surface area contributed by atoms with Crippen molar-refractivity contribution in [1.82, 2.24) is 15.5 Å². The molecule has 1 heterocycles. The standard InChI is InChI=1S/C20H31N5O2/c1-21-19(23-17-11-12-25(14-17)18-5-3-4-6-18)22-13-15-7-9-16(10-8-15)24-20(26)27-2/h7-10,17-18H,3-6,11-14H2,1-2H3,(H,24,26)(H2,21,22,23). The molecule has 7 heteroatoms. The second-order valence-electron chi connectivity index (χ2n) is 7.30. The number of guanidine groups is 1. The van der Waals surface area contributed by atoms with Gasteiger partial charge < -0.3 is 15.4 Å². The molecule has 148 valence electrons. The van der Waals surface area contributed by atoms with Crippen LogP contribution in [0.1, 0.15) is 37.7 Å². The van der Waals surface area contributed by atoms with Gasteiger partial charge in [0.25, 0.3) is 0 Å². The maximum atomic E-state index is 11.2. The van der Waals surface area contributed by atoms with Crippen LogP contribution >= 0.6 is 0 Å². The van der Waals surface area contributed by atoms with E-state index in [1.54, 1.807) is 0 Å². The Morgan fingerprint density at radius 2 is 1.96 bits per heavy atom. The number of amides is 1. The predicted molar refractivity (Wildman–Crippen MR) is 108 cm³/mol. The Kier molecular flexibility index (Phi) is 6.92. The maximum absolute atomic E-state index is 11.2. The van der Waals surface area contributed by atoms with Crippen molar-refractivity contribution in [2.24, 2.45) is 4.99 Å². The summed E-state index contributed by atoms with van der Waals surface area (Å²) in [7, 11) is 3.16. The van der Waals surface area contributed by atoms with E-state index in [0.717, 1.165) is 24.1 Å². The van der Waals surface area contributed by atoms with Gasteiger partial charge in [-0.1, -0.05) is 25.0 Å². The number of likely N-dealkylation sites (tertiary alicyclic amines) is 1. The van der Waals surface area contributed by atoms with Crippen molar-refractivity contribution >= 4 is 17.7 Å². The van der Waals surface area contributed by atoms with Crippen LogP contribution in [0.25, 0.3) is 0 Å². The molecule has 0 radical (unpaired) electrons. The lowest BCUT2D eigenvalue weighted by molar-refractivity contribution is 0.187. The Morgan fingerprint density at radius 3 is 2.63 bits per heavy atom. The lowest BCUT2D eigenvalue weighted by atomic mass is 10.2. The fourth-order valence-corrected chi connectivity index (χ4v) is 3.95. The molecule has 0 bridgehead atoms. The first-order chi connectivity index (χ1) is 13.2. The summed E-state index contributed by atoms with van der Waals surface area (Å²) in [5, 5.41) is 9.58. The molecule has 7 nitrogen and oxygen atoms in total. The van der Waals surface area contributed by atoms with E-state index in [2.05, 4.69) is 30.6 Å². The van der Waals surface area contributed by atoms with Crippen LogP contribution in [-0.2, 0) is 11.3 Å². The highest BCUT2D eigenvalue weighted by molar-refractivity contribution is 5.84. The lowest BCUT2D eigenvalue weighted by Crippen LogP contribution is -2.45. The van der Waals surface area contributed by atoms with E-state index in [-0.39, 0.29) is 0 Å². The van der Waals surface area contributed by atoms with Crippen LogP contribution in [0.3, 0.4) is 0 Å². The third-order valence-corrected chi connectivity index (χ3v) is 5.47. The van der Waals surface area contributed by atoms with Crippen molar-refractivity contribution in [3.63, 3.8) is 0 Å². The monoisotopic (exact) mass is 373 g/mol. The first kappa shape index (κ1) is 19.5. The topological polar surface area (TPSA) is 78.0 Å². The van der Waals surface area contributed by atoms with E-state index >= 15 is 0 Å². The van der Waals surface area contributed by atoms with Crippen LogP contribution in [0, 0.1) is 0 Å². The van der Waals surface area contributed by atoms with Crippen molar-refractivity contribution in [1.29, 1.82) is 0 Å². The van der Waals surface area contributed by atoms with Gasteiger partial charge in [-0.3, -0.25) is 15.2 Å². The molecular formula is C20H31N5O2. The van der Waals surface area contributed by atoms with Crippen LogP contribution in [0.5, 0.6) is 0 Å². The zero-order valence-corrected chi connectivity index (χ0v) is 16.3. The van der Waals surface area contributed by atoms with E-state index in [1.165, 1.54) is 45.8 Å². The average Bonchev–Trinajstić information content (AvgIpc) is 3.37. The van der Waals surface area contributed by atoms with Gasteiger partial charge in [-0.2, -0.15) is 0 Å². The highest BCUT2D eigenvalue weighted by Gasteiger charge is 2.30. The molecule has 1 unspecified atom stereocenters. The van der Waals surface area contributed by atoms with Crippen molar-refractivity contribution in [3.8, 4) is 0 Å². The summed E-state index contributed by atoms with van der Waals surface area (Å²) < 4.78 is 4.59. The number of hydrogen-bond acceptors (Lipinski definition) is 4. The minimum Gasteiger partial charge on any atom is -0.453 e. The number of aliphatic imine (C=N–C) groups is 1. The zero-order chi connectivity index (χ0) is 19.1. The molecule has 1 saturated heterocycles. The predicted octanol–water partition coefficient (Wildman–Crippen LogP) is 2.55. The fourth-order valence-electron chi connectivity index (χ4n) is 3.95. The van der Waals surface area contributed by atoms with Gasteiger partial charge in [-0.25, -0.2) is 4.79 Å². The number of methoxy groups -OCH3 is 1. The van der Waals surface area contributed by atoms with E-state index in [9.17, 15) is 4.79 Å². The summed E-state index contributed by atoms with van der Waals surface area (Å²) in [5.41, 5.74) is 1.83. The SMILES string of the molecule is CN=C(NCc1ccc(NC(=O)OC)cc1)NC1CCN(C2CCCC2)C1. The molecule has 1 aromatic carbocycles. The number of benzene rings is 1. The Balaban J connectivity index is 1.43. The third kappa shape index (κ3) is 5.60. The molecule has 2 fully saturated rings. The molecule has 1 aliphatic carbocycles. The van der Waals surface area contributed by atoms with Gasteiger partial charge in [0.15, 0.2) is 5.96 Å². The molecule has 1 aromatic rings. The summed E-state index contributed by atoms with van der Waals surface area (Å²) in [6, 6.07) is 8.93. The van der Waals surface area contributed by atoms with Crippen molar-refractivity contribution < 1.29 is 9.53 Å². The highest BCUT2D eigenvalue weighted by Crippen LogP contribution is 2.26. The number of hydrogen-bond donors (Lipinski definition) is 3. The number of rotatable bonds is 5. The highest BCUT2D eigenvalue weighted by atomic mass is 16.5. The third-order valence-electron chi connectivity index (χ3n) is 5.47. The van der Waals surface area contributed by atoms with Crippen LogP contribution < -0.4 is 16.0 Å². The number of anilines is 1. The van der Waals surface area contributed by atoms with E-state index < -0.39 is 6.09 Å². The van der Waals surface area contributed by atoms with Crippen LogP contribution in [0.4, 0.5) is 10.5 Å². The Labute approximate surface area is 161 Å². The molecular weight excluding hydrogens is 342 g/mol. The van der Waals surface area contributed by atoms with Gasteiger partial charge in [0.05, 0.1) is 7.11 Å². The van der Waals surface area contributed by atoms with Gasteiger partial charge in [0.1, 0.15) is 0 Å². The number of carbonyl (C=O) groups is 1. The van der Waals surface area contributed by atoms with Gasteiger partial charge in [0, 0.05) is 44.5 Å². The molecule has 3 rings (SSSR count). The molecule has 1 saturated carbocycles. The van der Waals surface area contributed by atoms with Crippen LogP contribution in [-0.4, -0.2) is 56.3 Å². The number of nitrogens with one attached hydrogen (secondary N) is 3. The van der Waals surface area contributed by atoms with Gasteiger partial charge in [-0.15, -0.1) is 0 Å². The van der Waals surface area contributed by atoms with E-state index in [0.29, 0.717) is 18.3 Å². The van der Waals surface area contributed by atoms with Gasteiger partial charge in [-0.05, 0) is 37.0 Å². The second kappa shape index (κ2) is 9.60. The summed E-state index contributed by atoms with van der Waals surface area (Å²) in [6.45, 7) is 2.98. The van der Waals surface area contributed by atoms with Crippen molar-refractivity contribution in [2.45, 2.75) is 50.7 Å². The minimum atomic E-state index is -0.464. The van der Waals surface area contributed by atoms with Crippen LogP contribution in [0.15, 0.2) is 29.3 Å². The van der Waals surface area contributed by atoms with E-state index in [4.69, 9.17) is 0 Å². The fraction of sp³-hybridized carbons (Fsp3) is 0.600. The molecule has 1 atom stereocenters. The normalized spacial score (nSPS) is 21.3.